The number of fused-ring (bicyclic) bond motifs is 1. The lowest BCUT2D eigenvalue weighted by Gasteiger charge is -2.38. The highest BCUT2D eigenvalue weighted by atomic mass is 35.5. The van der Waals surface area contributed by atoms with Crippen LogP contribution in [0.4, 0.5) is 5.69 Å². The van der Waals surface area contributed by atoms with E-state index in [0.29, 0.717) is 29.4 Å². The van der Waals surface area contributed by atoms with Crippen LogP contribution in [0.25, 0.3) is 10.9 Å². The van der Waals surface area contributed by atoms with E-state index in [1.807, 2.05) is 37.3 Å². The van der Waals surface area contributed by atoms with Crippen LogP contribution in [0.3, 0.4) is 0 Å². The van der Waals surface area contributed by atoms with Crippen LogP contribution < -0.4 is 5.32 Å². The van der Waals surface area contributed by atoms with Gasteiger partial charge in [-0.05, 0) is 30.7 Å². The molecule has 0 radical (unpaired) electrons. The molecule has 1 aliphatic heterocycles. The fraction of sp³-hybridized carbons (Fsp3) is 0.200. The van der Waals surface area contributed by atoms with Gasteiger partial charge in [0.2, 0.25) is 5.91 Å². The highest BCUT2D eigenvalue weighted by Gasteiger charge is 2.36. The van der Waals surface area contributed by atoms with Crippen LogP contribution in [0, 0.1) is 12.8 Å². The first kappa shape index (κ1) is 16.7. The van der Waals surface area contributed by atoms with Gasteiger partial charge in [-0.1, -0.05) is 35.9 Å². The highest BCUT2D eigenvalue weighted by molar-refractivity contribution is 6.31. The molecule has 0 unspecified atom stereocenters. The van der Waals surface area contributed by atoms with Gasteiger partial charge in [0.05, 0.1) is 11.5 Å². The number of H-pyrrole nitrogens is 1. The number of aromatic amines is 1. The van der Waals surface area contributed by atoms with Gasteiger partial charge in [-0.15, -0.1) is 0 Å². The van der Waals surface area contributed by atoms with E-state index in [1.54, 1.807) is 23.2 Å². The molecule has 2 aromatic carbocycles. The summed E-state index contributed by atoms with van der Waals surface area (Å²) in [4.78, 5) is 29.9. The number of halogens is 1. The molecule has 0 spiro atoms. The predicted molar refractivity (Wildman–Crippen MR) is 103 cm³/mol. The Kier molecular flexibility index (Phi) is 4.17. The SMILES string of the molecule is Cc1ccc(Cl)cc1NC(=O)C1CN(C(=O)c2c[nH]c3ccccc23)C1. The molecule has 2 N–H and O–H groups in total. The van der Waals surface area contributed by atoms with E-state index >= 15 is 0 Å². The minimum atomic E-state index is -0.206. The molecule has 0 aliphatic carbocycles. The number of para-hydroxylation sites is 1. The van der Waals surface area contributed by atoms with Crippen molar-refractivity contribution in [2.45, 2.75) is 6.92 Å². The molecule has 6 heteroatoms. The number of benzene rings is 2. The van der Waals surface area contributed by atoms with E-state index < -0.39 is 0 Å². The number of carbonyl (C=O) groups excluding carboxylic acids is 2. The van der Waals surface area contributed by atoms with Crippen LogP contribution in [0.15, 0.2) is 48.7 Å². The van der Waals surface area contributed by atoms with E-state index in [1.165, 1.54) is 0 Å². The molecule has 0 saturated carbocycles. The Morgan fingerprint density at radius 2 is 1.96 bits per heavy atom. The molecule has 5 nitrogen and oxygen atoms in total. The normalized spacial score (nSPS) is 14.3. The summed E-state index contributed by atoms with van der Waals surface area (Å²) in [5.74, 6) is -0.341. The second-order valence-corrected chi connectivity index (χ2v) is 7.04. The molecular formula is C20H18ClN3O2. The minimum absolute atomic E-state index is 0.0505. The second-order valence-electron chi connectivity index (χ2n) is 6.60. The molecule has 1 aliphatic rings. The van der Waals surface area contributed by atoms with Gasteiger partial charge in [-0.2, -0.15) is 0 Å². The van der Waals surface area contributed by atoms with Crippen molar-refractivity contribution in [3.8, 4) is 0 Å². The number of amides is 2. The molecule has 2 heterocycles. The zero-order valence-electron chi connectivity index (χ0n) is 14.3. The Morgan fingerprint density at radius 1 is 1.19 bits per heavy atom. The highest BCUT2D eigenvalue weighted by Crippen LogP contribution is 2.26. The van der Waals surface area contributed by atoms with Crippen molar-refractivity contribution in [3.05, 3.63) is 64.8 Å². The second kappa shape index (κ2) is 6.50. The molecule has 132 valence electrons. The minimum Gasteiger partial charge on any atom is -0.360 e. The summed E-state index contributed by atoms with van der Waals surface area (Å²) in [7, 11) is 0. The maximum absolute atomic E-state index is 12.7. The largest absolute Gasteiger partial charge is 0.360 e. The summed E-state index contributed by atoms with van der Waals surface area (Å²) in [6.45, 7) is 2.76. The molecule has 3 aromatic rings. The summed E-state index contributed by atoms with van der Waals surface area (Å²) in [6.07, 6.45) is 1.73. The van der Waals surface area contributed by atoms with Gasteiger partial charge in [-0.3, -0.25) is 9.59 Å². The first-order valence-corrected chi connectivity index (χ1v) is 8.83. The van der Waals surface area contributed by atoms with Gasteiger partial charge in [0.25, 0.3) is 5.91 Å². The van der Waals surface area contributed by atoms with Crippen molar-refractivity contribution in [2.24, 2.45) is 5.92 Å². The number of likely N-dealkylation sites (tertiary alicyclic amines) is 1. The van der Waals surface area contributed by atoms with Crippen LogP contribution in [-0.2, 0) is 4.79 Å². The van der Waals surface area contributed by atoms with E-state index in [9.17, 15) is 9.59 Å². The van der Waals surface area contributed by atoms with Crippen molar-refractivity contribution in [1.29, 1.82) is 0 Å². The van der Waals surface area contributed by atoms with E-state index in [4.69, 9.17) is 11.6 Å². The van der Waals surface area contributed by atoms with Gasteiger partial charge in [0, 0.05) is 40.9 Å². The zero-order chi connectivity index (χ0) is 18.3. The Hall–Kier alpha value is -2.79. The molecule has 2 amide bonds. The monoisotopic (exact) mass is 367 g/mol. The van der Waals surface area contributed by atoms with Crippen molar-refractivity contribution < 1.29 is 9.59 Å². The maximum atomic E-state index is 12.7. The number of nitrogens with one attached hydrogen (secondary N) is 2. The summed E-state index contributed by atoms with van der Waals surface area (Å²) < 4.78 is 0. The van der Waals surface area contributed by atoms with Gasteiger partial charge in [-0.25, -0.2) is 0 Å². The summed E-state index contributed by atoms with van der Waals surface area (Å²) in [6, 6.07) is 13.1. The Labute approximate surface area is 155 Å². The van der Waals surface area contributed by atoms with Gasteiger partial charge < -0.3 is 15.2 Å². The predicted octanol–water partition coefficient (Wildman–Crippen LogP) is 3.84. The average Bonchev–Trinajstić information content (AvgIpc) is 3.01. The number of aryl methyl sites for hydroxylation is 1. The molecule has 1 fully saturated rings. The number of rotatable bonds is 3. The number of aromatic nitrogens is 1. The van der Waals surface area contributed by atoms with Crippen molar-refractivity contribution in [2.75, 3.05) is 18.4 Å². The molecular weight excluding hydrogens is 350 g/mol. The van der Waals surface area contributed by atoms with Crippen molar-refractivity contribution in [1.82, 2.24) is 9.88 Å². The van der Waals surface area contributed by atoms with E-state index in [0.717, 1.165) is 16.5 Å². The molecule has 1 aromatic heterocycles. The van der Waals surface area contributed by atoms with Crippen LogP contribution >= 0.6 is 11.6 Å². The summed E-state index contributed by atoms with van der Waals surface area (Å²) >= 11 is 5.99. The topological polar surface area (TPSA) is 65.2 Å². The lowest BCUT2D eigenvalue weighted by Crippen LogP contribution is -2.54. The lowest BCUT2D eigenvalue weighted by atomic mass is 9.97. The van der Waals surface area contributed by atoms with Crippen molar-refractivity contribution in [3.63, 3.8) is 0 Å². The zero-order valence-corrected chi connectivity index (χ0v) is 15.0. The van der Waals surface area contributed by atoms with E-state index in [-0.39, 0.29) is 17.7 Å². The fourth-order valence-corrected chi connectivity index (χ4v) is 3.36. The Balaban J connectivity index is 1.41. The summed E-state index contributed by atoms with van der Waals surface area (Å²) in [5, 5.41) is 4.39. The Morgan fingerprint density at radius 3 is 2.77 bits per heavy atom. The maximum Gasteiger partial charge on any atom is 0.256 e. The van der Waals surface area contributed by atoms with Crippen LogP contribution in [-0.4, -0.2) is 34.8 Å². The van der Waals surface area contributed by atoms with Crippen molar-refractivity contribution >= 4 is 40.0 Å². The number of carbonyl (C=O) groups is 2. The lowest BCUT2D eigenvalue weighted by molar-refractivity contribution is -0.123. The standard InChI is InChI=1S/C20H18ClN3O2/c1-12-6-7-14(21)8-18(12)23-19(25)13-10-24(11-13)20(26)16-9-22-17-5-3-2-4-15(16)17/h2-9,13,22H,10-11H2,1H3,(H,23,25). The van der Waals surface area contributed by atoms with E-state index in [2.05, 4.69) is 10.3 Å². The van der Waals surface area contributed by atoms with Crippen LogP contribution in [0.2, 0.25) is 5.02 Å². The molecule has 0 atom stereocenters. The fourth-order valence-electron chi connectivity index (χ4n) is 3.19. The van der Waals surface area contributed by atoms with Gasteiger partial charge in [0.15, 0.2) is 0 Å². The smallest absolute Gasteiger partial charge is 0.256 e. The number of hydrogen-bond donors (Lipinski definition) is 2. The third-order valence-electron chi connectivity index (χ3n) is 4.82. The molecule has 1 saturated heterocycles. The molecule has 0 bridgehead atoms. The summed E-state index contributed by atoms with van der Waals surface area (Å²) in [5.41, 5.74) is 3.24. The van der Waals surface area contributed by atoms with Crippen LogP contribution in [0.5, 0.6) is 0 Å². The van der Waals surface area contributed by atoms with Gasteiger partial charge in [0.1, 0.15) is 0 Å². The number of nitrogens with zero attached hydrogens (tertiary/aromatic N) is 1. The number of hydrogen-bond acceptors (Lipinski definition) is 2. The third kappa shape index (κ3) is 2.95. The van der Waals surface area contributed by atoms with Gasteiger partial charge >= 0.3 is 0 Å². The number of anilines is 1. The quantitative estimate of drug-likeness (QED) is 0.738. The average molecular weight is 368 g/mol. The first-order chi connectivity index (χ1) is 12.5. The Bertz CT molecular complexity index is 1010. The first-order valence-electron chi connectivity index (χ1n) is 8.45. The molecule has 4 rings (SSSR count). The molecule has 26 heavy (non-hydrogen) atoms. The third-order valence-corrected chi connectivity index (χ3v) is 5.05. The van der Waals surface area contributed by atoms with Crippen LogP contribution in [0.1, 0.15) is 15.9 Å².